The highest BCUT2D eigenvalue weighted by molar-refractivity contribution is 6.32. The number of furan rings is 3. The summed E-state index contributed by atoms with van der Waals surface area (Å²) < 4.78 is 20.7. The van der Waals surface area contributed by atoms with Crippen molar-refractivity contribution in [1.82, 2.24) is 0 Å². The molecular formula is C120H68O3. The van der Waals surface area contributed by atoms with Crippen molar-refractivity contribution in [1.29, 1.82) is 0 Å². The molecule has 0 amide bonds. The Bertz CT molecular complexity index is 9340. The Labute approximate surface area is 705 Å². The van der Waals surface area contributed by atoms with E-state index in [1.165, 1.54) is 125 Å². The van der Waals surface area contributed by atoms with Gasteiger partial charge in [0.1, 0.15) is 33.5 Å². The van der Waals surface area contributed by atoms with Gasteiger partial charge in [-0.05, 0) is 292 Å². The van der Waals surface area contributed by atoms with Crippen molar-refractivity contribution in [3.63, 3.8) is 0 Å². The first-order valence-corrected chi connectivity index (χ1v) is 42.5. The zero-order valence-electron chi connectivity index (χ0n) is 66.5. The molecule has 27 rings (SSSR count). The van der Waals surface area contributed by atoms with Crippen molar-refractivity contribution in [3.8, 4) is 89.0 Å². The highest BCUT2D eigenvalue weighted by atomic mass is 16.3. The average molecular weight is 1560 g/mol. The van der Waals surface area contributed by atoms with E-state index in [9.17, 15) is 0 Å². The van der Waals surface area contributed by atoms with E-state index in [1.807, 2.05) is 0 Å². The van der Waals surface area contributed by atoms with Crippen LogP contribution in [-0.2, 0) is 0 Å². The molecule has 0 saturated heterocycles. The van der Waals surface area contributed by atoms with Crippen LogP contribution < -0.4 is 0 Å². The lowest BCUT2D eigenvalue weighted by Crippen LogP contribution is -1.95. The molecule has 0 aliphatic rings. The molecule has 0 saturated carbocycles. The van der Waals surface area contributed by atoms with Gasteiger partial charge in [-0.2, -0.15) is 0 Å². The number of benzene rings is 24. The van der Waals surface area contributed by atoms with Crippen LogP contribution in [0.3, 0.4) is 0 Å². The van der Waals surface area contributed by atoms with Crippen LogP contribution in [-0.4, -0.2) is 0 Å². The Hall–Kier alpha value is -16.2. The minimum absolute atomic E-state index is 0.835. The summed E-state index contributed by atoms with van der Waals surface area (Å²) in [6.45, 7) is 0. The number of rotatable bonds is 8. The normalized spacial score (nSPS) is 12.2. The maximum absolute atomic E-state index is 7.10. The second kappa shape index (κ2) is 26.1. The Morgan fingerprint density at radius 1 is 0.114 bits per heavy atom. The number of hydrogen-bond acceptors (Lipinski definition) is 3. The summed E-state index contributed by atoms with van der Waals surface area (Å²) in [6, 6.07) is 154. The molecule has 0 aliphatic carbocycles. The van der Waals surface area contributed by atoms with E-state index in [0.717, 1.165) is 159 Å². The van der Waals surface area contributed by atoms with Crippen LogP contribution in [0.25, 0.3) is 284 Å². The smallest absolute Gasteiger partial charge is 0.143 e. The van der Waals surface area contributed by atoms with Crippen molar-refractivity contribution in [2.45, 2.75) is 0 Å². The van der Waals surface area contributed by atoms with E-state index in [-0.39, 0.29) is 0 Å². The number of hydrogen-bond donors (Lipinski definition) is 0. The van der Waals surface area contributed by atoms with Gasteiger partial charge in [0.2, 0.25) is 0 Å². The maximum atomic E-state index is 7.10. The van der Waals surface area contributed by atoms with Gasteiger partial charge in [0.05, 0.1) is 0 Å². The summed E-state index contributed by atoms with van der Waals surface area (Å²) in [4.78, 5) is 0. The fourth-order valence-corrected chi connectivity index (χ4v) is 21.6. The monoisotopic (exact) mass is 1560 g/mol. The van der Waals surface area contributed by atoms with Crippen molar-refractivity contribution in [3.05, 3.63) is 413 Å². The molecule has 3 heterocycles. The van der Waals surface area contributed by atoms with Crippen molar-refractivity contribution < 1.29 is 13.3 Å². The molecule has 0 bridgehead atoms. The molecule has 3 heteroatoms. The van der Waals surface area contributed by atoms with Crippen LogP contribution in [0, 0.1) is 0 Å². The SMILES string of the molecule is c1ccc2c(c1)cc(-c1c3ccccc3c(-c3ccc4oc5ccccc5c4c3)c3cc(-c4ccc5c(-c6cc7ccccc7c7ccccc67)c6ccc(-c7ccc8c(-c9cc%10ccccc%10c%10ccccc9%10)c9ccccc9c(-c9cccc%10c9oc9ccccc9%10)c8c7)cc6c(-c6ccc7c(c6)oc6ccccc67)c5c4)ccc13)c1ccccc12. The topological polar surface area (TPSA) is 39.4 Å². The molecule has 0 N–H and O–H groups in total. The van der Waals surface area contributed by atoms with E-state index in [4.69, 9.17) is 13.3 Å². The summed E-state index contributed by atoms with van der Waals surface area (Å²) in [7, 11) is 0. The van der Waals surface area contributed by atoms with Gasteiger partial charge in [-0.3, -0.25) is 0 Å². The van der Waals surface area contributed by atoms with Crippen molar-refractivity contribution in [2.24, 2.45) is 0 Å². The van der Waals surface area contributed by atoms with E-state index in [0.29, 0.717) is 0 Å². The number of fused-ring (bicyclic) bond motifs is 24. The fraction of sp³-hybridized carbons (Fsp3) is 0. The molecular weight excluding hydrogens is 1490 g/mol. The highest BCUT2D eigenvalue weighted by Gasteiger charge is 2.28. The predicted octanol–water partition coefficient (Wildman–Crippen LogP) is 34.6. The molecule has 3 nitrogen and oxygen atoms in total. The summed E-state index contributed by atoms with van der Waals surface area (Å²) >= 11 is 0. The van der Waals surface area contributed by atoms with Gasteiger partial charge in [-0.1, -0.05) is 328 Å². The van der Waals surface area contributed by atoms with Crippen LogP contribution in [0.1, 0.15) is 0 Å². The predicted molar refractivity (Wildman–Crippen MR) is 522 cm³/mol. The maximum Gasteiger partial charge on any atom is 0.143 e. The van der Waals surface area contributed by atoms with Gasteiger partial charge >= 0.3 is 0 Å². The average Bonchev–Trinajstić information content (AvgIpc) is 1.19. The van der Waals surface area contributed by atoms with Crippen molar-refractivity contribution >= 4 is 195 Å². The van der Waals surface area contributed by atoms with Gasteiger partial charge in [0, 0.05) is 43.4 Å². The molecule has 0 spiro atoms. The largest absolute Gasteiger partial charge is 0.456 e. The van der Waals surface area contributed by atoms with Crippen LogP contribution in [0.4, 0.5) is 0 Å². The lowest BCUT2D eigenvalue weighted by molar-refractivity contribution is 0.668. The van der Waals surface area contributed by atoms with Crippen LogP contribution in [0.5, 0.6) is 0 Å². The molecule has 24 aromatic carbocycles. The Balaban J connectivity index is 0.763. The minimum atomic E-state index is 0.835. The molecule has 123 heavy (non-hydrogen) atoms. The molecule has 566 valence electrons. The first-order chi connectivity index (χ1) is 61.0. The van der Waals surface area contributed by atoms with E-state index < -0.39 is 0 Å². The Kier molecular flexibility index (Phi) is 14.4. The molecule has 0 unspecified atom stereocenters. The summed E-state index contributed by atoms with van der Waals surface area (Å²) in [5.41, 5.74) is 23.4. The molecule has 0 aliphatic heterocycles. The molecule has 0 fully saturated rings. The lowest BCUT2D eigenvalue weighted by Gasteiger charge is -2.22. The molecule has 0 radical (unpaired) electrons. The molecule has 3 aromatic heterocycles. The molecule has 0 atom stereocenters. The zero-order valence-corrected chi connectivity index (χ0v) is 66.5. The van der Waals surface area contributed by atoms with Gasteiger partial charge in [-0.15, -0.1) is 0 Å². The van der Waals surface area contributed by atoms with Crippen LogP contribution in [0.2, 0.25) is 0 Å². The second-order valence-corrected chi connectivity index (χ2v) is 33.4. The minimum Gasteiger partial charge on any atom is -0.456 e. The van der Waals surface area contributed by atoms with Gasteiger partial charge in [-0.25, -0.2) is 0 Å². The third-order valence-electron chi connectivity index (χ3n) is 26.9. The third kappa shape index (κ3) is 10.0. The van der Waals surface area contributed by atoms with Crippen LogP contribution in [0.15, 0.2) is 426 Å². The van der Waals surface area contributed by atoms with Gasteiger partial charge in [0.25, 0.3) is 0 Å². The van der Waals surface area contributed by atoms with E-state index >= 15 is 0 Å². The highest BCUT2D eigenvalue weighted by Crippen LogP contribution is 2.55. The quantitative estimate of drug-likeness (QED) is 0.112. The summed E-state index contributed by atoms with van der Waals surface area (Å²) in [6.07, 6.45) is 0. The second-order valence-electron chi connectivity index (χ2n) is 33.4. The summed E-state index contributed by atoms with van der Waals surface area (Å²) in [5.74, 6) is 0. The van der Waals surface area contributed by atoms with Crippen LogP contribution >= 0.6 is 0 Å². The standard InChI is InChI=1S/C120H68O3/c1-4-27-78-73(24-1)64-102(84-33-10-7-30-81(78)84)116-92-40-14-13-39-91(92)114(76-53-59-112-101(67-76)89-38-19-21-46-110(89)121-112)105-60-69(48-55-95(105)116)70-49-56-96-106(61-70)115(77-52-54-90-87-36-17-20-45-109(87)122-113(90)68-77)107-62-71(50-57-97(107)118(96)104-66-75-26-3-6-29-80(75)83-32-9-12-35-86(83)104)72-51-58-98-108(63-72)119(100-44-23-43-99-88-37-18-22-47-111(88)123-120(99)100)94-42-16-15-41-93(94)117(98)103-65-74-25-2-5-28-79(74)82-31-8-11-34-85(82)103/h1-68H. The first kappa shape index (κ1) is 67.8. The third-order valence-corrected chi connectivity index (χ3v) is 26.9. The fourth-order valence-electron chi connectivity index (χ4n) is 21.6. The zero-order chi connectivity index (χ0) is 80.2. The van der Waals surface area contributed by atoms with E-state index in [2.05, 4.69) is 413 Å². The Morgan fingerprint density at radius 2 is 0.374 bits per heavy atom. The molecule has 27 aromatic rings. The van der Waals surface area contributed by atoms with Crippen molar-refractivity contribution in [2.75, 3.05) is 0 Å². The van der Waals surface area contributed by atoms with Gasteiger partial charge in [0.15, 0.2) is 0 Å². The first-order valence-electron chi connectivity index (χ1n) is 42.5. The number of para-hydroxylation sites is 4. The Morgan fingerprint density at radius 3 is 0.821 bits per heavy atom. The summed E-state index contributed by atoms with van der Waals surface area (Å²) in [5, 5.41) is 35.0. The lowest BCUT2D eigenvalue weighted by atomic mass is 9.81. The van der Waals surface area contributed by atoms with E-state index in [1.54, 1.807) is 0 Å². The van der Waals surface area contributed by atoms with Gasteiger partial charge < -0.3 is 13.3 Å².